The van der Waals surface area contributed by atoms with Gasteiger partial charge in [-0.05, 0) is 0 Å². The van der Waals surface area contributed by atoms with Crippen LogP contribution in [-0.2, 0) is 115 Å². The van der Waals surface area contributed by atoms with E-state index in [0.717, 1.165) is 0 Å². The first-order valence-electron chi connectivity index (χ1n) is 19.4. The summed E-state index contributed by atoms with van der Waals surface area (Å²) in [5.41, 5.74) is 0. The summed E-state index contributed by atoms with van der Waals surface area (Å²) in [5.74, 6) is -36.7. The molecular formula is C36H36Na6O42. The van der Waals surface area contributed by atoms with Crippen LogP contribution in [0.15, 0.2) is 0 Å². The van der Waals surface area contributed by atoms with E-state index in [1.807, 2.05) is 0 Å². The summed E-state index contributed by atoms with van der Waals surface area (Å²) in [6.45, 7) is 0. The zero-order chi connectivity index (χ0) is 61.8. The first-order chi connectivity index (χ1) is 35.6. The Bertz CT molecular complexity index is 1910. The van der Waals surface area contributed by atoms with Crippen molar-refractivity contribution in [3.8, 4) is 0 Å². The van der Waals surface area contributed by atoms with Crippen molar-refractivity contribution in [2.45, 2.75) is 112 Å². The molecule has 0 saturated carbocycles. The number of ether oxygens (including phenoxy) is 6. The topological polar surface area (TPSA) is 744 Å². The van der Waals surface area contributed by atoms with E-state index in [2.05, 4.69) is 28.4 Å². The molecule has 0 aromatic carbocycles. The smallest absolute Gasteiger partial charge is 0.547 e. The molecule has 0 amide bonds. The van der Waals surface area contributed by atoms with Gasteiger partial charge in [0.2, 0.25) is 0 Å². The van der Waals surface area contributed by atoms with Crippen LogP contribution in [0.4, 0.5) is 0 Å². The standard InChI is InChI=1S/3C12H14O14.6Na/c3*13-5(14)1-3(9(17)18)25-7(11(21)22)8(12(23)24)26-4(10(19)20)2-6(15)16;;;;;;/h3*3-4,7-8H,1-2H2,(H,13,14)(H,15,16)(H,17,18)(H,19,20)(H,21,22)(H,23,24);;;;;;/q;;;6*+1/p-6. The van der Waals surface area contributed by atoms with Crippen molar-refractivity contribution in [1.82, 2.24) is 0 Å². The Morgan fingerprint density at radius 2 is 0.298 bits per heavy atom. The van der Waals surface area contributed by atoms with Crippen LogP contribution in [0.1, 0.15) is 38.5 Å². The van der Waals surface area contributed by atoms with E-state index in [4.69, 9.17) is 61.3 Å². The van der Waals surface area contributed by atoms with Gasteiger partial charge in [-0.3, -0.25) is 28.8 Å². The molecule has 0 fully saturated rings. The number of hydrogen-bond donors (Lipinski definition) is 12. The molecule has 438 valence electrons. The van der Waals surface area contributed by atoms with Crippen molar-refractivity contribution >= 4 is 107 Å². The average molecular weight is 1280 g/mol. The molecule has 0 radical (unpaired) electrons. The van der Waals surface area contributed by atoms with Gasteiger partial charge in [-0.2, -0.15) is 0 Å². The number of aliphatic carboxylic acids is 18. The van der Waals surface area contributed by atoms with Gasteiger partial charge in [0.25, 0.3) is 0 Å². The summed E-state index contributed by atoms with van der Waals surface area (Å²) in [6.07, 6.45) is -38.7. The number of rotatable bonds is 39. The molecule has 0 aliphatic heterocycles. The van der Waals surface area contributed by atoms with Crippen LogP contribution in [0.3, 0.4) is 0 Å². The fourth-order valence-corrected chi connectivity index (χ4v) is 4.68. The van der Waals surface area contributed by atoms with Gasteiger partial charge in [0.05, 0.1) is 74.3 Å². The number of carbonyl (C=O) groups is 18. The maximum absolute atomic E-state index is 11.1. The van der Waals surface area contributed by atoms with Gasteiger partial charge in [0.15, 0.2) is 36.6 Å². The first-order valence-corrected chi connectivity index (χ1v) is 19.4. The fraction of sp³-hybridized carbons (Fsp3) is 0.500. The maximum Gasteiger partial charge on any atom is 1.00 e. The maximum atomic E-state index is 11.1. The summed E-state index contributed by atoms with van der Waals surface area (Å²) < 4.78 is 26.2. The van der Waals surface area contributed by atoms with Gasteiger partial charge < -0.3 is 149 Å². The molecule has 0 rings (SSSR count). The van der Waals surface area contributed by atoms with Crippen LogP contribution < -0.4 is 208 Å². The largest absolute Gasteiger partial charge is 1.00 e. The van der Waals surface area contributed by atoms with Crippen LogP contribution in [0.2, 0.25) is 0 Å². The molecule has 0 saturated heterocycles. The second-order valence-corrected chi connectivity index (χ2v) is 13.8. The average Bonchev–Trinajstić information content (AvgIpc) is 3.25. The normalized spacial score (nSPS) is 14.1. The fourth-order valence-electron chi connectivity index (χ4n) is 4.68. The minimum Gasteiger partial charge on any atom is -0.547 e. The zero-order valence-electron chi connectivity index (χ0n) is 43.8. The minimum absolute atomic E-state index is 0. The summed E-state index contributed by atoms with van der Waals surface area (Å²) >= 11 is 0. The number of carboxylic acids is 18. The van der Waals surface area contributed by atoms with Gasteiger partial charge >= 0.3 is 249 Å². The van der Waals surface area contributed by atoms with E-state index in [1.165, 1.54) is 0 Å². The van der Waals surface area contributed by atoms with E-state index < -0.39 is 219 Å². The van der Waals surface area contributed by atoms with E-state index in [9.17, 15) is 117 Å². The van der Waals surface area contributed by atoms with Crippen LogP contribution in [0, 0.1) is 0 Å². The predicted molar refractivity (Wildman–Crippen MR) is 201 cm³/mol. The summed E-state index contributed by atoms with van der Waals surface area (Å²) in [4.78, 5) is 195. The summed E-state index contributed by atoms with van der Waals surface area (Å²) in [5, 5.41) is 170. The van der Waals surface area contributed by atoms with Gasteiger partial charge in [0.1, 0.15) is 36.6 Å². The molecule has 0 aliphatic carbocycles. The molecule has 0 heterocycles. The monoisotopic (exact) mass is 1280 g/mol. The zero-order valence-corrected chi connectivity index (χ0v) is 55.8. The molecule has 84 heavy (non-hydrogen) atoms. The Labute approximate surface area is 596 Å². The molecule has 0 spiro atoms. The molecule has 42 nitrogen and oxygen atoms in total. The first kappa shape index (κ1) is 99.3. The third kappa shape index (κ3) is 42.9. The van der Waals surface area contributed by atoms with Crippen LogP contribution in [0.25, 0.3) is 0 Å². The van der Waals surface area contributed by atoms with Crippen LogP contribution >= 0.6 is 0 Å². The predicted octanol–water partition coefficient (Wildman–Crippen LogP) is -32.6. The molecule has 12 atom stereocenters. The second kappa shape index (κ2) is 50.2. The molecule has 0 aromatic heterocycles. The van der Waals surface area contributed by atoms with Gasteiger partial charge in [-0.15, -0.1) is 0 Å². The van der Waals surface area contributed by atoms with E-state index in [1.54, 1.807) is 0 Å². The second-order valence-electron chi connectivity index (χ2n) is 13.8. The Morgan fingerprint density at radius 1 is 0.214 bits per heavy atom. The number of carboxylic acid groups (broad SMARTS) is 18. The van der Waals surface area contributed by atoms with E-state index in [0.29, 0.717) is 0 Å². The van der Waals surface area contributed by atoms with Crippen molar-refractivity contribution in [2.75, 3.05) is 0 Å². The van der Waals surface area contributed by atoms with Crippen molar-refractivity contribution in [3.63, 3.8) is 0 Å². The minimum atomic E-state index is -2.81. The van der Waals surface area contributed by atoms with E-state index >= 15 is 0 Å². The molecular weight excluding hydrogens is 1240 g/mol. The molecule has 0 aliphatic rings. The van der Waals surface area contributed by atoms with Gasteiger partial charge in [-0.25, -0.2) is 28.8 Å². The van der Waals surface area contributed by atoms with Gasteiger partial charge in [0, 0.05) is 0 Å². The summed E-state index contributed by atoms with van der Waals surface area (Å²) in [7, 11) is 0. The van der Waals surface area contributed by atoms with Crippen molar-refractivity contribution in [1.29, 1.82) is 0 Å². The Balaban J connectivity index is -0.000000139. The summed E-state index contributed by atoms with van der Waals surface area (Å²) in [6, 6.07) is 0. The third-order valence-electron chi connectivity index (χ3n) is 7.90. The van der Waals surface area contributed by atoms with Gasteiger partial charge in [-0.1, -0.05) is 0 Å². The molecule has 12 N–H and O–H groups in total. The molecule has 12 unspecified atom stereocenters. The van der Waals surface area contributed by atoms with Crippen LogP contribution in [-0.4, -0.2) is 242 Å². The van der Waals surface area contributed by atoms with Crippen molar-refractivity contribution in [2.24, 2.45) is 0 Å². The van der Waals surface area contributed by atoms with Crippen LogP contribution in [0.5, 0.6) is 0 Å². The molecule has 0 aromatic rings. The number of carbonyl (C=O) groups excluding carboxylic acids is 6. The molecule has 0 bridgehead atoms. The SMILES string of the molecule is O=C(O)CC(OC(C(=O)[O-])C(OC(CC(=O)O)C(=O)O)C(=O)[O-])C(=O)O.O=C(O)CC(OC(C(=O)[O-])C(OC(CC(=O)O)C(=O)O)C(=O)[O-])C(=O)O.O=C(O)CC(OC(C(=O)[O-])C(OC(CC(=O)O)C(=O)O)C(=O)[O-])C(=O)O.[Na+].[Na+].[Na+].[Na+].[Na+].[Na+]. The number of hydrogen-bond acceptors (Lipinski definition) is 30. The van der Waals surface area contributed by atoms with Crippen molar-refractivity contribution < 1.29 is 384 Å². The Morgan fingerprint density at radius 3 is 0.345 bits per heavy atom. The van der Waals surface area contributed by atoms with E-state index in [-0.39, 0.29) is 177 Å². The molecule has 48 heteroatoms. The van der Waals surface area contributed by atoms with Crippen molar-refractivity contribution in [3.05, 3.63) is 0 Å². The quantitative estimate of drug-likeness (QED) is 0.0254. The third-order valence-corrected chi connectivity index (χ3v) is 7.90. The Kier molecular flexibility index (Phi) is 59.4. The Hall–Kier alpha value is -3.78.